The van der Waals surface area contributed by atoms with Gasteiger partial charge in [0.15, 0.2) is 0 Å². The third-order valence-electron chi connectivity index (χ3n) is 4.97. The quantitative estimate of drug-likeness (QED) is 0.487. The number of ether oxygens (including phenoxy) is 1. The second-order valence-corrected chi connectivity index (χ2v) is 8.12. The number of benzene rings is 2. The lowest BCUT2D eigenvalue weighted by Crippen LogP contribution is -2.46. The molecule has 165 valence electrons. The minimum atomic E-state index is -5.79. The number of nitrogens with zero attached hydrogens (tertiary/aromatic N) is 3. The highest BCUT2D eigenvalue weighted by atomic mass is 32.1. The maximum atomic E-state index is 13.1. The maximum absolute atomic E-state index is 13.1. The lowest BCUT2D eigenvalue weighted by atomic mass is 10.1. The maximum Gasteiger partial charge on any atom is 0.499 e. The zero-order valence-corrected chi connectivity index (χ0v) is 16.8. The number of alkyl halides is 5. The van der Waals surface area contributed by atoms with Crippen molar-refractivity contribution in [1.29, 1.82) is 0 Å². The van der Waals surface area contributed by atoms with Gasteiger partial charge in [0.1, 0.15) is 11.3 Å². The summed E-state index contributed by atoms with van der Waals surface area (Å²) in [5.74, 6) is -0.540. The molecule has 5 nitrogen and oxygen atoms in total. The van der Waals surface area contributed by atoms with Gasteiger partial charge in [-0.15, -0.1) is 0 Å². The van der Waals surface area contributed by atoms with Gasteiger partial charge in [-0.2, -0.15) is 26.9 Å². The van der Waals surface area contributed by atoms with Crippen LogP contribution in [0.4, 0.5) is 27.6 Å². The van der Waals surface area contributed by atoms with Crippen LogP contribution in [0.1, 0.15) is 5.56 Å². The smallest absolute Gasteiger partial charge is 0.426 e. The molecule has 1 aromatic heterocycles. The van der Waals surface area contributed by atoms with Crippen LogP contribution in [0.3, 0.4) is 0 Å². The molecular weight excluding hydrogens is 441 g/mol. The van der Waals surface area contributed by atoms with Crippen LogP contribution in [0.15, 0.2) is 42.5 Å². The Morgan fingerprint density at radius 3 is 2.42 bits per heavy atom. The number of hydrogen-bond acceptors (Lipinski definition) is 5. The van der Waals surface area contributed by atoms with Crippen molar-refractivity contribution in [1.82, 2.24) is 9.88 Å². The first-order valence-corrected chi connectivity index (χ1v) is 10.2. The summed E-state index contributed by atoms with van der Waals surface area (Å²) in [5, 5.41) is 11.4. The van der Waals surface area contributed by atoms with Crippen LogP contribution in [-0.4, -0.2) is 48.3 Å². The van der Waals surface area contributed by atoms with Gasteiger partial charge >= 0.3 is 17.5 Å². The van der Waals surface area contributed by atoms with Gasteiger partial charge < -0.3 is 9.64 Å². The van der Waals surface area contributed by atoms with Crippen molar-refractivity contribution in [2.75, 3.05) is 31.1 Å². The van der Waals surface area contributed by atoms with Gasteiger partial charge in [-0.3, -0.25) is 10.0 Å². The molecule has 0 N–H and O–H groups in total. The molecule has 11 heteroatoms. The molecule has 2 aromatic carbocycles. The van der Waals surface area contributed by atoms with Crippen LogP contribution < -0.4 is 9.64 Å². The zero-order valence-electron chi connectivity index (χ0n) is 16.0. The van der Waals surface area contributed by atoms with Gasteiger partial charge in [0.05, 0.1) is 10.4 Å². The van der Waals surface area contributed by atoms with E-state index in [1.807, 2.05) is 18.2 Å². The second kappa shape index (κ2) is 8.12. The normalized spacial score (nSPS) is 16.1. The number of piperazine rings is 1. The Bertz CT molecular complexity index is 1060. The Kier molecular flexibility index (Phi) is 5.65. The van der Waals surface area contributed by atoms with E-state index in [1.165, 1.54) is 12.1 Å². The standard InChI is InChI=1S/C20H17F5N3O2S/c21-19(22,23)20(24,25)30-14-4-1-3-13(11-14)12-27-7-9-28(10-8-27)15-5-2-6-16-17(15)26-18(29)31-16/h1-6,11H,7-10,12H2. The molecule has 0 unspecified atom stereocenters. The fraction of sp³-hybridized carbons (Fsp3) is 0.350. The predicted octanol–water partition coefficient (Wildman–Crippen LogP) is 5.30. The molecule has 0 atom stereocenters. The summed E-state index contributed by atoms with van der Waals surface area (Å²) < 4.78 is 68.1. The molecule has 4 rings (SSSR count). The number of thiazole rings is 1. The Morgan fingerprint density at radius 1 is 1.00 bits per heavy atom. The van der Waals surface area contributed by atoms with E-state index in [-0.39, 0.29) is 5.19 Å². The Morgan fingerprint density at radius 2 is 1.71 bits per heavy atom. The van der Waals surface area contributed by atoms with Crippen LogP contribution in [0.2, 0.25) is 0 Å². The fourth-order valence-corrected chi connectivity index (χ4v) is 4.21. The first-order chi connectivity index (χ1) is 14.6. The van der Waals surface area contributed by atoms with Crippen molar-refractivity contribution in [3.05, 3.63) is 48.0 Å². The summed E-state index contributed by atoms with van der Waals surface area (Å²) in [6.07, 6.45) is -11.0. The van der Waals surface area contributed by atoms with E-state index in [0.717, 1.165) is 27.8 Å². The molecule has 3 aromatic rings. The average molecular weight is 458 g/mol. The van der Waals surface area contributed by atoms with Gasteiger partial charge in [0.2, 0.25) is 0 Å². The van der Waals surface area contributed by atoms with Gasteiger partial charge in [-0.25, -0.2) is 0 Å². The topological polar surface area (TPSA) is 48.5 Å². The number of fused-ring (bicyclic) bond motifs is 1. The highest BCUT2D eigenvalue weighted by Crippen LogP contribution is 2.37. The monoisotopic (exact) mass is 458 g/mol. The van der Waals surface area contributed by atoms with Crippen molar-refractivity contribution in [2.24, 2.45) is 0 Å². The molecule has 2 heterocycles. The number of rotatable bonds is 5. The van der Waals surface area contributed by atoms with Crippen LogP contribution in [0.5, 0.6) is 10.9 Å². The number of hydrogen-bond donors (Lipinski definition) is 0. The number of halogens is 5. The van der Waals surface area contributed by atoms with Crippen molar-refractivity contribution >= 4 is 27.2 Å². The number of aromatic nitrogens is 1. The van der Waals surface area contributed by atoms with Gasteiger partial charge in [-0.05, 0) is 29.8 Å². The van der Waals surface area contributed by atoms with Crippen LogP contribution in [-0.2, 0) is 11.7 Å². The molecule has 1 aliphatic heterocycles. The summed E-state index contributed by atoms with van der Waals surface area (Å²) in [6, 6.07) is 10.9. The molecular formula is C20H17F5N3O2S. The van der Waals surface area contributed by atoms with Crippen LogP contribution >= 0.6 is 11.3 Å². The minimum absolute atomic E-state index is 0.237. The number of anilines is 1. The fourth-order valence-electron chi connectivity index (χ4n) is 3.49. The van der Waals surface area contributed by atoms with Crippen molar-refractivity contribution < 1.29 is 31.8 Å². The SMILES string of the molecule is [O]c1nc2c(N3CCN(Cc4cccc(OC(F)(F)C(F)(F)F)c4)CC3)cccc2s1. The Labute approximate surface area is 178 Å². The molecule has 0 saturated carbocycles. The lowest BCUT2D eigenvalue weighted by Gasteiger charge is -2.36. The summed E-state index contributed by atoms with van der Waals surface area (Å²) in [6.45, 7) is 3.00. The van der Waals surface area contributed by atoms with E-state index >= 15 is 0 Å². The summed E-state index contributed by atoms with van der Waals surface area (Å²) in [4.78, 5) is 8.28. The Hall–Kier alpha value is -2.66. The largest absolute Gasteiger partial charge is 0.499 e. The molecule has 0 bridgehead atoms. The molecule has 0 aliphatic carbocycles. The summed E-state index contributed by atoms with van der Waals surface area (Å²) in [5.41, 5.74) is 2.14. The molecule has 1 radical (unpaired) electrons. The Balaban J connectivity index is 1.39. The molecule has 0 amide bonds. The summed E-state index contributed by atoms with van der Waals surface area (Å²) in [7, 11) is 0. The van der Waals surface area contributed by atoms with Crippen molar-refractivity contribution in [3.63, 3.8) is 0 Å². The first-order valence-electron chi connectivity index (χ1n) is 9.39. The molecule has 1 aliphatic rings. The van der Waals surface area contributed by atoms with Crippen LogP contribution in [0, 0.1) is 0 Å². The first kappa shape index (κ1) is 21.6. The van der Waals surface area contributed by atoms with E-state index < -0.39 is 18.0 Å². The van der Waals surface area contributed by atoms with E-state index in [4.69, 9.17) is 0 Å². The van der Waals surface area contributed by atoms with Gasteiger partial charge in [0.25, 0.3) is 0 Å². The highest BCUT2D eigenvalue weighted by molar-refractivity contribution is 7.20. The average Bonchev–Trinajstić information content (AvgIpc) is 3.08. The van der Waals surface area contributed by atoms with E-state index in [0.29, 0.717) is 43.8 Å². The lowest BCUT2D eigenvalue weighted by molar-refractivity contribution is -0.360. The molecule has 31 heavy (non-hydrogen) atoms. The second-order valence-electron chi connectivity index (χ2n) is 7.13. The predicted molar refractivity (Wildman–Crippen MR) is 105 cm³/mol. The highest BCUT2D eigenvalue weighted by Gasteiger charge is 2.61. The molecule has 1 saturated heterocycles. The van der Waals surface area contributed by atoms with Gasteiger partial charge in [-0.1, -0.05) is 29.5 Å². The zero-order chi connectivity index (χ0) is 22.2. The molecule has 0 spiro atoms. The van der Waals surface area contributed by atoms with E-state index in [2.05, 4.69) is 19.5 Å². The van der Waals surface area contributed by atoms with Crippen molar-refractivity contribution in [2.45, 2.75) is 18.8 Å². The third kappa shape index (κ3) is 4.67. The number of para-hydroxylation sites is 1. The van der Waals surface area contributed by atoms with Gasteiger partial charge in [0, 0.05) is 32.7 Å². The minimum Gasteiger partial charge on any atom is -0.426 e. The van der Waals surface area contributed by atoms with Crippen molar-refractivity contribution in [3.8, 4) is 10.9 Å². The van der Waals surface area contributed by atoms with Crippen LogP contribution in [0.25, 0.3) is 10.2 Å². The van der Waals surface area contributed by atoms with E-state index in [9.17, 15) is 27.1 Å². The third-order valence-corrected chi connectivity index (χ3v) is 5.79. The summed E-state index contributed by atoms with van der Waals surface area (Å²) >= 11 is 1.10. The molecule has 1 fully saturated rings. The van der Waals surface area contributed by atoms with E-state index in [1.54, 1.807) is 6.07 Å².